The molecule has 2 N–H and O–H groups in total. The molecule has 0 aliphatic rings. The van der Waals surface area contributed by atoms with E-state index in [4.69, 9.17) is 22.1 Å². The molecule has 0 saturated carbocycles. The van der Waals surface area contributed by atoms with Crippen molar-refractivity contribution in [1.82, 2.24) is 0 Å². The van der Waals surface area contributed by atoms with Crippen LogP contribution in [-0.2, 0) is 16.1 Å². The summed E-state index contributed by atoms with van der Waals surface area (Å²) in [5.74, 6) is -0.332. The minimum Gasteiger partial charge on any atom is -0.461 e. The summed E-state index contributed by atoms with van der Waals surface area (Å²) in [5.41, 5.74) is 7.67. The average Bonchev–Trinajstić information content (AvgIpc) is 2.47. The number of halogens is 1. The summed E-state index contributed by atoms with van der Waals surface area (Å²) in [7, 11) is 0. The van der Waals surface area contributed by atoms with Gasteiger partial charge in [0, 0.05) is 16.6 Å². The topological polar surface area (TPSA) is 52.3 Å². The monoisotopic (exact) mass is 289 g/mol. The highest BCUT2D eigenvalue weighted by Crippen LogP contribution is 2.17. The van der Waals surface area contributed by atoms with Gasteiger partial charge in [-0.3, -0.25) is 4.79 Å². The zero-order chi connectivity index (χ0) is 14.4. The highest BCUT2D eigenvalue weighted by atomic mass is 35.5. The van der Waals surface area contributed by atoms with E-state index in [-0.39, 0.29) is 25.0 Å². The number of benzene rings is 2. The van der Waals surface area contributed by atoms with Crippen LogP contribution in [-0.4, -0.2) is 5.97 Å². The van der Waals surface area contributed by atoms with Crippen molar-refractivity contribution in [2.24, 2.45) is 5.73 Å². The van der Waals surface area contributed by atoms with Gasteiger partial charge in [-0.25, -0.2) is 0 Å². The number of esters is 1. The number of nitrogens with two attached hydrogens (primary N) is 1. The zero-order valence-corrected chi connectivity index (χ0v) is 11.7. The quantitative estimate of drug-likeness (QED) is 0.858. The van der Waals surface area contributed by atoms with Crippen LogP contribution in [0.1, 0.15) is 23.6 Å². The van der Waals surface area contributed by atoms with Crippen LogP contribution >= 0.6 is 11.6 Å². The number of hydrogen-bond acceptors (Lipinski definition) is 3. The second kappa shape index (κ2) is 7.08. The van der Waals surface area contributed by atoms with Crippen molar-refractivity contribution in [3.63, 3.8) is 0 Å². The number of carbonyl (C=O) groups is 1. The van der Waals surface area contributed by atoms with Crippen LogP contribution in [0.2, 0.25) is 5.02 Å². The first-order valence-corrected chi connectivity index (χ1v) is 6.74. The minimum atomic E-state index is -0.352. The molecule has 0 amide bonds. The van der Waals surface area contributed by atoms with E-state index < -0.39 is 0 Å². The molecule has 0 aliphatic heterocycles. The Morgan fingerprint density at radius 1 is 1.10 bits per heavy atom. The molecule has 0 fully saturated rings. The van der Waals surface area contributed by atoms with Gasteiger partial charge >= 0.3 is 5.97 Å². The van der Waals surface area contributed by atoms with Crippen molar-refractivity contribution < 1.29 is 9.53 Å². The van der Waals surface area contributed by atoms with Gasteiger partial charge < -0.3 is 10.5 Å². The lowest BCUT2D eigenvalue weighted by Crippen LogP contribution is -2.17. The number of ether oxygens (including phenoxy) is 1. The first-order valence-electron chi connectivity index (χ1n) is 6.36. The fraction of sp³-hybridized carbons (Fsp3) is 0.188. The fourth-order valence-electron chi connectivity index (χ4n) is 1.83. The second-order valence-corrected chi connectivity index (χ2v) is 4.88. The van der Waals surface area contributed by atoms with Gasteiger partial charge in [-0.05, 0) is 11.6 Å². The third-order valence-corrected chi connectivity index (χ3v) is 3.33. The van der Waals surface area contributed by atoms with Crippen LogP contribution < -0.4 is 5.73 Å². The maximum absolute atomic E-state index is 11.8. The first-order chi connectivity index (χ1) is 9.66. The predicted molar refractivity (Wildman–Crippen MR) is 79.2 cm³/mol. The molecule has 20 heavy (non-hydrogen) atoms. The molecule has 0 radical (unpaired) electrons. The van der Waals surface area contributed by atoms with Crippen LogP contribution in [0.25, 0.3) is 0 Å². The summed E-state index contributed by atoms with van der Waals surface area (Å²) < 4.78 is 5.20. The van der Waals surface area contributed by atoms with Crippen molar-refractivity contribution in [2.75, 3.05) is 0 Å². The molecular formula is C16H16ClNO2. The molecule has 0 aromatic heterocycles. The molecule has 4 heteroatoms. The summed E-state index contributed by atoms with van der Waals surface area (Å²) in [6.07, 6.45) is 0.147. The Balaban J connectivity index is 1.86. The lowest BCUT2D eigenvalue weighted by molar-refractivity contribution is -0.145. The zero-order valence-electron chi connectivity index (χ0n) is 11.0. The highest BCUT2D eigenvalue weighted by Gasteiger charge is 2.13. The van der Waals surface area contributed by atoms with Crippen LogP contribution in [0.3, 0.4) is 0 Å². The molecular weight excluding hydrogens is 274 g/mol. The Kier molecular flexibility index (Phi) is 5.16. The lowest BCUT2D eigenvalue weighted by Gasteiger charge is -2.12. The Labute approximate surface area is 123 Å². The van der Waals surface area contributed by atoms with Gasteiger partial charge in [0.25, 0.3) is 0 Å². The van der Waals surface area contributed by atoms with Gasteiger partial charge in [0.2, 0.25) is 0 Å². The molecule has 0 heterocycles. The van der Waals surface area contributed by atoms with Gasteiger partial charge in [-0.1, -0.05) is 60.1 Å². The second-order valence-electron chi connectivity index (χ2n) is 4.47. The summed E-state index contributed by atoms with van der Waals surface area (Å²) >= 11 is 5.99. The van der Waals surface area contributed by atoms with E-state index in [1.54, 1.807) is 6.07 Å². The molecule has 2 aromatic rings. The maximum Gasteiger partial charge on any atom is 0.308 e. The average molecular weight is 290 g/mol. The number of rotatable bonds is 5. The lowest BCUT2D eigenvalue weighted by atomic mass is 10.1. The number of carbonyl (C=O) groups excluding carboxylic acids is 1. The highest BCUT2D eigenvalue weighted by molar-refractivity contribution is 6.31. The Hall–Kier alpha value is -1.84. The van der Waals surface area contributed by atoms with Crippen molar-refractivity contribution in [1.29, 1.82) is 0 Å². The van der Waals surface area contributed by atoms with Crippen LogP contribution in [0.4, 0.5) is 0 Å². The fourth-order valence-corrected chi connectivity index (χ4v) is 2.02. The molecule has 3 nitrogen and oxygen atoms in total. The SMILES string of the molecule is NC(CC(=O)OCc1ccccc1Cl)c1ccccc1. The standard InChI is InChI=1S/C16H16ClNO2/c17-14-9-5-4-8-13(14)11-20-16(19)10-15(18)12-6-2-1-3-7-12/h1-9,15H,10-11,18H2. The van der Waals surface area contributed by atoms with E-state index in [0.717, 1.165) is 11.1 Å². The third kappa shape index (κ3) is 4.08. The van der Waals surface area contributed by atoms with E-state index in [1.165, 1.54) is 0 Å². The van der Waals surface area contributed by atoms with Crippen molar-refractivity contribution in [3.05, 3.63) is 70.7 Å². The van der Waals surface area contributed by atoms with Crippen molar-refractivity contribution in [3.8, 4) is 0 Å². The molecule has 2 aromatic carbocycles. The van der Waals surface area contributed by atoms with E-state index in [1.807, 2.05) is 48.5 Å². The maximum atomic E-state index is 11.8. The number of hydrogen-bond donors (Lipinski definition) is 1. The summed E-state index contributed by atoms with van der Waals surface area (Å²) in [6.45, 7) is 0.167. The van der Waals surface area contributed by atoms with Crippen LogP contribution in [0.5, 0.6) is 0 Å². The molecule has 0 spiro atoms. The van der Waals surface area contributed by atoms with Crippen LogP contribution in [0, 0.1) is 0 Å². The summed E-state index contributed by atoms with van der Waals surface area (Å²) in [5, 5.41) is 0.590. The first kappa shape index (κ1) is 14.6. The largest absolute Gasteiger partial charge is 0.461 e. The van der Waals surface area contributed by atoms with E-state index >= 15 is 0 Å². The van der Waals surface area contributed by atoms with Crippen molar-refractivity contribution in [2.45, 2.75) is 19.1 Å². The predicted octanol–water partition coefficient (Wildman–Crippen LogP) is 3.47. The van der Waals surface area contributed by atoms with Crippen LogP contribution in [0.15, 0.2) is 54.6 Å². The Morgan fingerprint density at radius 3 is 2.45 bits per heavy atom. The molecule has 2 rings (SSSR count). The third-order valence-electron chi connectivity index (χ3n) is 2.96. The summed E-state index contributed by atoms with van der Waals surface area (Å²) in [6, 6.07) is 16.4. The van der Waals surface area contributed by atoms with E-state index in [0.29, 0.717) is 5.02 Å². The molecule has 104 valence electrons. The molecule has 1 atom stereocenters. The molecule has 0 aliphatic carbocycles. The Morgan fingerprint density at radius 2 is 1.75 bits per heavy atom. The van der Waals surface area contributed by atoms with Gasteiger partial charge in [0.1, 0.15) is 6.61 Å². The smallest absolute Gasteiger partial charge is 0.308 e. The van der Waals surface area contributed by atoms with Crippen molar-refractivity contribution >= 4 is 17.6 Å². The van der Waals surface area contributed by atoms with E-state index in [9.17, 15) is 4.79 Å². The molecule has 0 saturated heterocycles. The minimum absolute atomic E-state index is 0.147. The molecule has 1 unspecified atom stereocenters. The van der Waals surface area contributed by atoms with E-state index in [2.05, 4.69) is 0 Å². The normalized spacial score (nSPS) is 11.9. The summed E-state index contributed by atoms with van der Waals surface area (Å²) in [4.78, 5) is 11.8. The molecule has 0 bridgehead atoms. The Bertz CT molecular complexity index is 572. The van der Waals surface area contributed by atoms with Gasteiger partial charge in [-0.15, -0.1) is 0 Å². The van der Waals surface area contributed by atoms with Gasteiger partial charge in [-0.2, -0.15) is 0 Å². The van der Waals surface area contributed by atoms with Gasteiger partial charge in [0.15, 0.2) is 0 Å². The van der Waals surface area contributed by atoms with Gasteiger partial charge in [0.05, 0.1) is 6.42 Å².